The van der Waals surface area contributed by atoms with Crippen LogP contribution in [0.5, 0.6) is 0 Å². The van der Waals surface area contributed by atoms with E-state index < -0.39 is 0 Å². The third-order valence-electron chi connectivity index (χ3n) is 4.48. The van der Waals surface area contributed by atoms with Crippen LogP contribution in [-0.4, -0.2) is 44.3 Å². The fraction of sp³-hybridized carbons (Fsp3) is 0.625. The number of nitrogens with one attached hydrogen (secondary N) is 1. The van der Waals surface area contributed by atoms with E-state index in [0.717, 1.165) is 39.4 Å². The van der Waals surface area contributed by atoms with Crippen LogP contribution >= 0.6 is 40.7 Å². The third-order valence-corrected chi connectivity index (χ3v) is 5.20. The smallest absolute Gasteiger partial charge is 0.0469 e. The van der Waals surface area contributed by atoms with Gasteiger partial charge in [0.15, 0.2) is 0 Å². The van der Waals surface area contributed by atoms with Crippen LogP contribution in [0.25, 0.3) is 0 Å². The van der Waals surface area contributed by atoms with Crippen molar-refractivity contribution >= 4 is 40.7 Å². The Morgan fingerprint density at radius 2 is 1.73 bits per heavy atom. The van der Waals surface area contributed by atoms with Crippen LogP contribution in [-0.2, 0) is 4.74 Å². The van der Waals surface area contributed by atoms with Crippen molar-refractivity contribution in [3.63, 3.8) is 0 Å². The Morgan fingerprint density at radius 3 is 2.36 bits per heavy atom. The maximum Gasteiger partial charge on any atom is 0.0469 e. The lowest BCUT2D eigenvalue weighted by atomic mass is 9.85. The summed E-state index contributed by atoms with van der Waals surface area (Å²) in [4.78, 5) is 2.66. The lowest BCUT2D eigenvalue weighted by Crippen LogP contribution is -2.47. The summed E-state index contributed by atoms with van der Waals surface area (Å²) < 4.78 is 6.81. The van der Waals surface area contributed by atoms with E-state index in [9.17, 15) is 0 Å². The Morgan fingerprint density at radius 1 is 1.09 bits per heavy atom. The highest BCUT2D eigenvalue weighted by Crippen LogP contribution is 2.38. The molecule has 2 fully saturated rings. The van der Waals surface area contributed by atoms with Crippen LogP contribution in [0.1, 0.15) is 24.4 Å². The predicted molar refractivity (Wildman–Crippen MR) is 99.4 cm³/mol. The van der Waals surface area contributed by atoms with Gasteiger partial charge in [-0.2, -0.15) is 0 Å². The van der Waals surface area contributed by atoms with Crippen molar-refractivity contribution in [2.75, 3.05) is 39.4 Å². The van der Waals surface area contributed by atoms with Gasteiger partial charge in [-0.3, -0.25) is 4.90 Å². The van der Waals surface area contributed by atoms with E-state index in [-0.39, 0.29) is 24.8 Å². The molecule has 6 heteroatoms. The van der Waals surface area contributed by atoms with Crippen molar-refractivity contribution in [3.05, 3.63) is 34.3 Å². The van der Waals surface area contributed by atoms with Gasteiger partial charge in [0, 0.05) is 49.9 Å². The molecular weight excluding hydrogens is 387 g/mol. The van der Waals surface area contributed by atoms with Gasteiger partial charge in [0.25, 0.3) is 0 Å². The molecule has 0 aromatic heterocycles. The number of rotatable bonds is 3. The summed E-state index contributed by atoms with van der Waals surface area (Å²) in [5.41, 5.74) is 1.45. The summed E-state index contributed by atoms with van der Waals surface area (Å²) in [7, 11) is 0. The van der Waals surface area contributed by atoms with E-state index in [1.54, 1.807) is 0 Å². The van der Waals surface area contributed by atoms with E-state index in [0.29, 0.717) is 12.0 Å². The largest absolute Gasteiger partial charge is 0.381 e. The topological polar surface area (TPSA) is 24.5 Å². The number of hydrogen-bond acceptors (Lipinski definition) is 3. The number of ether oxygens (including phenoxy) is 1. The van der Waals surface area contributed by atoms with Crippen molar-refractivity contribution in [1.29, 1.82) is 0 Å². The molecule has 2 saturated heterocycles. The fourth-order valence-electron chi connectivity index (χ4n) is 3.46. The lowest BCUT2D eigenvalue weighted by Gasteiger charge is -2.41. The maximum absolute atomic E-state index is 5.56. The Hall–Kier alpha value is 0.160. The fourth-order valence-corrected chi connectivity index (χ4v) is 3.97. The molecule has 0 saturated carbocycles. The summed E-state index contributed by atoms with van der Waals surface area (Å²) in [6.45, 7) is 6.32. The summed E-state index contributed by atoms with van der Waals surface area (Å²) in [6.07, 6.45) is 2.35. The zero-order valence-corrected chi connectivity index (χ0v) is 15.9. The van der Waals surface area contributed by atoms with Crippen molar-refractivity contribution in [2.45, 2.75) is 18.9 Å². The zero-order valence-electron chi connectivity index (χ0n) is 12.7. The van der Waals surface area contributed by atoms with Gasteiger partial charge in [-0.25, -0.2) is 0 Å². The molecule has 2 aliphatic rings. The molecule has 2 heterocycles. The van der Waals surface area contributed by atoms with E-state index >= 15 is 0 Å². The summed E-state index contributed by atoms with van der Waals surface area (Å²) in [6, 6.07) is 9.24. The highest BCUT2D eigenvalue weighted by atomic mass is 79.9. The molecule has 0 unspecified atom stereocenters. The van der Waals surface area contributed by atoms with Gasteiger partial charge in [-0.05, 0) is 30.4 Å². The highest BCUT2D eigenvalue weighted by Gasteiger charge is 2.32. The average molecular weight is 412 g/mol. The Kier molecular flexibility index (Phi) is 9.29. The maximum atomic E-state index is 5.56. The number of halogens is 3. The molecule has 126 valence electrons. The number of benzene rings is 1. The quantitative estimate of drug-likeness (QED) is 0.821. The van der Waals surface area contributed by atoms with E-state index in [1.165, 1.54) is 22.9 Å². The molecule has 0 amide bonds. The van der Waals surface area contributed by atoms with Crippen LogP contribution in [0.4, 0.5) is 0 Å². The molecular formula is C16H25BrCl2N2O. The standard InChI is InChI=1S/C16H23BrN2O.2ClH/c17-15-4-2-1-3-14(15)16(13-5-11-20-12-6-13)19-9-7-18-8-10-19;;/h1-4,13,16,18H,5-12H2;2*1H/t16-;;/m1../s1. The first-order valence-corrected chi connectivity index (χ1v) is 8.42. The second kappa shape index (κ2) is 10.1. The minimum absolute atomic E-state index is 0. The molecule has 0 spiro atoms. The van der Waals surface area contributed by atoms with Crippen LogP contribution in [0.15, 0.2) is 28.7 Å². The van der Waals surface area contributed by atoms with Crippen molar-refractivity contribution in [3.8, 4) is 0 Å². The van der Waals surface area contributed by atoms with Crippen molar-refractivity contribution < 1.29 is 4.74 Å². The molecule has 0 bridgehead atoms. The van der Waals surface area contributed by atoms with Gasteiger partial charge in [-0.15, -0.1) is 24.8 Å². The number of piperazine rings is 1. The van der Waals surface area contributed by atoms with Gasteiger partial charge < -0.3 is 10.1 Å². The van der Waals surface area contributed by atoms with Gasteiger partial charge >= 0.3 is 0 Å². The second-order valence-electron chi connectivity index (χ2n) is 5.70. The molecule has 1 aromatic rings. The molecule has 3 rings (SSSR count). The normalized spacial score (nSPS) is 21.5. The van der Waals surface area contributed by atoms with Gasteiger partial charge in [0.05, 0.1) is 0 Å². The van der Waals surface area contributed by atoms with Crippen LogP contribution in [0, 0.1) is 5.92 Å². The molecule has 1 aromatic carbocycles. The summed E-state index contributed by atoms with van der Waals surface area (Å²) >= 11 is 3.76. The minimum atomic E-state index is 0. The van der Waals surface area contributed by atoms with Gasteiger partial charge in [-0.1, -0.05) is 34.1 Å². The van der Waals surface area contributed by atoms with Crippen LogP contribution < -0.4 is 5.32 Å². The molecule has 1 atom stereocenters. The lowest BCUT2D eigenvalue weighted by molar-refractivity contribution is 0.0211. The molecule has 0 radical (unpaired) electrons. The number of nitrogens with zero attached hydrogens (tertiary/aromatic N) is 1. The predicted octanol–water partition coefficient (Wildman–Crippen LogP) is 3.67. The Bertz CT molecular complexity index is 420. The first-order valence-electron chi connectivity index (χ1n) is 7.63. The third kappa shape index (κ3) is 4.83. The SMILES string of the molecule is Brc1ccccc1[C@@H](C1CCOCC1)N1CCNCC1.Cl.Cl. The van der Waals surface area contributed by atoms with Crippen molar-refractivity contribution in [2.24, 2.45) is 5.92 Å². The Labute approximate surface area is 154 Å². The van der Waals surface area contributed by atoms with Gasteiger partial charge in [0.2, 0.25) is 0 Å². The summed E-state index contributed by atoms with van der Waals surface area (Å²) in [5, 5.41) is 3.46. The van der Waals surface area contributed by atoms with Crippen LogP contribution in [0.3, 0.4) is 0 Å². The highest BCUT2D eigenvalue weighted by molar-refractivity contribution is 9.10. The molecule has 2 aliphatic heterocycles. The number of hydrogen-bond donors (Lipinski definition) is 1. The zero-order chi connectivity index (χ0) is 13.8. The molecule has 0 aliphatic carbocycles. The average Bonchev–Trinajstić information content (AvgIpc) is 2.52. The van der Waals surface area contributed by atoms with Gasteiger partial charge in [0.1, 0.15) is 0 Å². The first-order chi connectivity index (χ1) is 9.86. The van der Waals surface area contributed by atoms with E-state index in [4.69, 9.17) is 4.74 Å². The van der Waals surface area contributed by atoms with E-state index in [2.05, 4.69) is 50.4 Å². The van der Waals surface area contributed by atoms with E-state index in [1.807, 2.05) is 0 Å². The molecule has 3 nitrogen and oxygen atoms in total. The minimum Gasteiger partial charge on any atom is -0.381 e. The summed E-state index contributed by atoms with van der Waals surface area (Å²) in [5.74, 6) is 0.709. The molecule has 1 N–H and O–H groups in total. The molecule has 22 heavy (non-hydrogen) atoms. The monoisotopic (exact) mass is 410 g/mol. The van der Waals surface area contributed by atoms with Crippen molar-refractivity contribution in [1.82, 2.24) is 10.2 Å². The van der Waals surface area contributed by atoms with Crippen LogP contribution in [0.2, 0.25) is 0 Å². The second-order valence-corrected chi connectivity index (χ2v) is 6.56. The Balaban J connectivity index is 0.00000121. The first kappa shape index (κ1) is 20.2.